The average molecular weight is 232 g/mol. The molecule has 1 aromatic carbocycles. The minimum atomic E-state index is 0.142. The highest BCUT2D eigenvalue weighted by atomic mass is 16.6. The summed E-state index contributed by atoms with van der Waals surface area (Å²) >= 11 is 0. The van der Waals surface area contributed by atoms with Crippen LogP contribution in [0, 0.1) is 11.3 Å². The van der Waals surface area contributed by atoms with E-state index in [0.29, 0.717) is 25.4 Å². The quantitative estimate of drug-likeness (QED) is 0.843. The van der Waals surface area contributed by atoms with Crippen molar-refractivity contribution < 1.29 is 9.47 Å². The first-order chi connectivity index (χ1) is 8.38. The lowest BCUT2D eigenvalue weighted by molar-refractivity contribution is -0.0864. The number of nitrogens with zero attached hydrogens (tertiary/aromatic N) is 1. The molecule has 1 saturated heterocycles. The zero-order chi connectivity index (χ0) is 11.9. The topological polar surface area (TPSA) is 54.3 Å². The molecule has 2 rings (SSSR count). The van der Waals surface area contributed by atoms with Crippen molar-refractivity contribution in [3.05, 3.63) is 35.4 Å². The molecule has 1 aliphatic heterocycles. The molecule has 1 heterocycles. The van der Waals surface area contributed by atoms with Crippen molar-refractivity contribution in [2.45, 2.75) is 12.6 Å². The Kier molecular flexibility index (Phi) is 4.51. The van der Waals surface area contributed by atoms with Crippen LogP contribution in [0.4, 0.5) is 0 Å². The van der Waals surface area contributed by atoms with Crippen molar-refractivity contribution in [3.63, 3.8) is 0 Å². The van der Waals surface area contributed by atoms with E-state index in [-0.39, 0.29) is 6.10 Å². The number of ether oxygens (including phenoxy) is 2. The first-order valence-corrected chi connectivity index (χ1v) is 5.77. The highest BCUT2D eigenvalue weighted by Crippen LogP contribution is 2.04. The summed E-state index contributed by atoms with van der Waals surface area (Å²) in [6.45, 7) is 3.55. The molecule has 1 unspecified atom stereocenters. The lowest BCUT2D eigenvalue weighted by Crippen LogP contribution is -2.37. The van der Waals surface area contributed by atoms with E-state index in [1.165, 1.54) is 0 Å². The van der Waals surface area contributed by atoms with Crippen molar-refractivity contribution in [3.8, 4) is 6.07 Å². The molecule has 90 valence electrons. The van der Waals surface area contributed by atoms with E-state index < -0.39 is 0 Å². The zero-order valence-electron chi connectivity index (χ0n) is 9.69. The van der Waals surface area contributed by atoms with Gasteiger partial charge in [-0.15, -0.1) is 0 Å². The lowest BCUT2D eigenvalue weighted by atomic mass is 10.1. The van der Waals surface area contributed by atoms with E-state index in [9.17, 15) is 0 Å². The fraction of sp³-hybridized carbons (Fsp3) is 0.462. The Hall–Kier alpha value is -1.41. The number of nitrogens with one attached hydrogen (secondary N) is 1. The van der Waals surface area contributed by atoms with Gasteiger partial charge >= 0.3 is 0 Å². The molecule has 0 saturated carbocycles. The molecule has 0 aromatic heterocycles. The predicted octanol–water partition coefficient (Wildman–Crippen LogP) is 1.06. The fourth-order valence-electron chi connectivity index (χ4n) is 1.78. The van der Waals surface area contributed by atoms with Gasteiger partial charge in [-0.3, -0.25) is 0 Å². The van der Waals surface area contributed by atoms with E-state index in [0.717, 1.165) is 18.7 Å². The molecule has 0 spiro atoms. The molecule has 0 bridgehead atoms. The molecule has 0 amide bonds. The first kappa shape index (κ1) is 12.1. The van der Waals surface area contributed by atoms with Crippen LogP contribution in [-0.2, 0) is 16.0 Å². The molecular weight excluding hydrogens is 216 g/mol. The third kappa shape index (κ3) is 3.82. The molecule has 0 aliphatic carbocycles. The second-order valence-corrected chi connectivity index (χ2v) is 4.01. The Morgan fingerprint density at radius 3 is 3.12 bits per heavy atom. The molecule has 4 nitrogen and oxygen atoms in total. The summed E-state index contributed by atoms with van der Waals surface area (Å²) in [6.07, 6.45) is 0.142. The second-order valence-electron chi connectivity index (χ2n) is 4.01. The van der Waals surface area contributed by atoms with Crippen LogP contribution in [-0.4, -0.2) is 32.5 Å². The summed E-state index contributed by atoms with van der Waals surface area (Å²) in [6, 6.07) is 9.74. The van der Waals surface area contributed by atoms with Gasteiger partial charge in [0.2, 0.25) is 0 Å². The fourth-order valence-corrected chi connectivity index (χ4v) is 1.78. The summed E-state index contributed by atoms with van der Waals surface area (Å²) in [4.78, 5) is 0. The number of hydrogen-bond acceptors (Lipinski definition) is 4. The summed E-state index contributed by atoms with van der Waals surface area (Å²) < 4.78 is 10.8. The number of nitriles is 1. The third-order valence-corrected chi connectivity index (χ3v) is 2.64. The van der Waals surface area contributed by atoms with Crippen LogP contribution in [0.15, 0.2) is 24.3 Å². The highest BCUT2D eigenvalue weighted by Gasteiger charge is 2.13. The van der Waals surface area contributed by atoms with Crippen LogP contribution in [0.25, 0.3) is 0 Å². The maximum Gasteiger partial charge on any atom is 0.0991 e. The second kappa shape index (κ2) is 6.36. The van der Waals surface area contributed by atoms with Crippen molar-refractivity contribution in [1.82, 2.24) is 5.32 Å². The van der Waals surface area contributed by atoms with Gasteiger partial charge in [-0.2, -0.15) is 5.26 Å². The predicted molar refractivity (Wildman–Crippen MR) is 63.4 cm³/mol. The largest absolute Gasteiger partial charge is 0.376 e. The first-order valence-electron chi connectivity index (χ1n) is 5.77. The molecule has 17 heavy (non-hydrogen) atoms. The third-order valence-electron chi connectivity index (χ3n) is 2.64. The average Bonchev–Trinajstić information content (AvgIpc) is 2.40. The van der Waals surface area contributed by atoms with Gasteiger partial charge in [0.25, 0.3) is 0 Å². The standard InChI is InChI=1S/C13H16N2O2/c14-7-11-2-1-3-12(6-11)8-15-9-13-10-16-4-5-17-13/h1-3,6,13,15H,4-5,8-10H2. The molecular formula is C13H16N2O2. The van der Waals surface area contributed by atoms with Crippen LogP contribution in [0.5, 0.6) is 0 Å². The summed E-state index contributed by atoms with van der Waals surface area (Å²) in [5.41, 5.74) is 1.81. The van der Waals surface area contributed by atoms with Crippen LogP contribution in [0.1, 0.15) is 11.1 Å². The Morgan fingerprint density at radius 1 is 1.41 bits per heavy atom. The van der Waals surface area contributed by atoms with Crippen LogP contribution in [0.2, 0.25) is 0 Å². The van der Waals surface area contributed by atoms with Crippen molar-refractivity contribution in [1.29, 1.82) is 5.26 Å². The Labute approximate surface area is 101 Å². The molecule has 0 radical (unpaired) electrons. The van der Waals surface area contributed by atoms with E-state index in [1.54, 1.807) is 0 Å². The molecule has 1 fully saturated rings. The van der Waals surface area contributed by atoms with Gasteiger partial charge in [-0.05, 0) is 17.7 Å². The normalized spacial score (nSPS) is 19.8. The smallest absolute Gasteiger partial charge is 0.0991 e. The van der Waals surface area contributed by atoms with Crippen molar-refractivity contribution in [2.75, 3.05) is 26.4 Å². The van der Waals surface area contributed by atoms with E-state index >= 15 is 0 Å². The van der Waals surface area contributed by atoms with Gasteiger partial charge in [0.05, 0.1) is 37.6 Å². The minimum Gasteiger partial charge on any atom is -0.376 e. The number of benzene rings is 1. The monoisotopic (exact) mass is 232 g/mol. The van der Waals surface area contributed by atoms with Gasteiger partial charge in [0.1, 0.15) is 0 Å². The highest BCUT2D eigenvalue weighted by molar-refractivity contribution is 5.32. The summed E-state index contributed by atoms with van der Waals surface area (Å²) in [5, 5.41) is 12.1. The maximum absolute atomic E-state index is 8.78. The van der Waals surface area contributed by atoms with Crippen LogP contribution >= 0.6 is 0 Å². The molecule has 1 atom stereocenters. The SMILES string of the molecule is N#Cc1cccc(CNCC2COCCO2)c1. The van der Waals surface area contributed by atoms with Gasteiger partial charge in [-0.25, -0.2) is 0 Å². The zero-order valence-corrected chi connectivity index (χ0v) is 9.69. The summed E-state index contributed by atoms with van der Waals surface area (Å²) in [5.74, 6) is 0. The lowest BCUT2D eigenvalue weighted by Gasteiger charge is -2.23. The Balaban J connectivity index is 1.75. The van der Waals surface area contributed by atoms with Gasteiger partial charge in [-0.1, -0.05) is 12.1 Å². The summed E-state index contributed by atoms with van der Waals surface area (Å²) in [7, 11) is 0. The number of hydrogen-bond donors (Lipinski definition) is 1. The van der Waals surface area contributed by atoms with Crippen molar-refractivity contribution in [2.24, 2.45) is 0 Å². The van der Waals surface area contributed by atoms with Gasteiger partial charge < -0.3 is 14.8 Å². The minimum absolute atomic E-state index is 0.142. The maximum atomic E-state index is 8.78. The van der Waals surface area contributed by atoms with E-state index in [1.807, 2.05) is 24.3 Å². The molecule has 4 heteroatoms. The van der Waals surface area contributed by atoms with Crippen molar-refractivity contribution >= 4 is 0 Å². The van der Waals surface area contributed by atoms with Crippen LogP contribution in [0.3, 0.4) is 0 Å². The van der Waals surface area contributed by atoms with E-state index in [2.05, 4.69) is 11.4 Å². The molecule has 1 N–H and O–H groups in total. The van der Waals surface area contributed by atoms with Crippen LogP contribution < -0.4 is 5.32 Å². The number of rotatable bonds is 4. The molecule has 1 aromatic rings. The Bertz CT molecular complexity index is 395. The van der Waals surface area contributed by atoms with Gasteiger partial charge in [0, 0.05) is 13.1 Å². The van der Waals surface area contributed by atoms with E-state index in [4.69, 9.17) is 14.7 Å². The Morgan fingerprint density at radius 2 is 2.35 bits per heavy atom. The van der Waals surface area contributed by atoms with Gasteiger partial charge in [0.15, 0.2) is 0 Å². The molecule has 1 aliphatic rings.